The molecule has 2 atom stereocenters. The van der Waals surface area contributed by atoms with Gasteiger partial charge in [0.2, 0.25) is 0 Å². The van der Waals surface area contributed by atoms with Crippen LogP contribution in [0.4, 0.5) is 11.6 Å². The van der Waals surface area contributed by atoms with E-state index in [0.717, 1.165) is 81.8 Å². The van der Waals surface area contributed by atoms with Crippen LogP contribution in [0.1, 0.15) is 107 Å². The lowest BCUT2D eigenvalue weighted by molar-refractivity contribution is 0.0519. The molecule has 11 nitrogen and oxygen atoms in total. The molecule has 0 amide bonds. The number of aryl methyl sites for hydroxylation is 2. The maximum atomic E-state index is 13.0. The first kappa shape index (κ1) is 47.8. The Hall–Kier alpha value is -4.85. The zero-order valence-corrected chi connectivity index (χ0v) is 42.1. The van der Waals surface area contributed by atoms with Gasteiger partial charge in [-0.3, -0.25) is 0 Å². The van der Waals surface area contributed by atoms with Crippen molar-refractivity contribution < 1.29 is 14.6 Å². The van der Waals surface area contributed by atoms with Crippen molar-refractivity contribution in [2.24, 2.45) is 22.3 Å². The number of hydrogen-bond donors (Lipinski definition) is 3. The Morgan fingerprint density at radius 1 is 0.638 bits per heavy atom. The minimum absolute atomic E-state index is 0.0190. The van der Waals surface area contributed by atoms with Crippen LogP contribution in [0.3, 0.4) is 0 Å². The number of fused-ring (bicyclic) bond motifs is 2. The van der Waals surface area contributed by atoms with Crippen LogP contribution in [0, 0.1) is 24.7 Å². The first-order valence-electron chi connectivity index (χ1n) is 23.9. The summed E-state index contributed by atoms with van der Waals surface area (Å²) in [6, 6.07) is 28.0. The van der Waals surface area contributed by atoms with Crippen molar-refractivity contribution in [2.45, 2.75) is 89.8 Å². The predicted octanol–water partition coefficient (Wildman–Crippen LogP) is 11.4. The Morgan fingerprint density at radius 2 is 1.09 bits per heavy atom. The monoisotopic (exact) mass is 1000 g/mol. The van der Waals surface area contributed by atoms with Crippen molar-refractivity contribution >= 4 is 64.0 Å². The minimum atomic E-state index is -0.926. The van der Waals surface area contributed by atoms with Gasteiger partial charge in [0, 0.05) is 49.4 Å². The minimum Gasteiger partial charge on any atom is -0.461 e. The maximum Gasteiger partial charge on any atom is 0.360 e. The lowest BCUT2D eigenvalue weighted by atomic mass is 9.73. The van der Waals surface area contributed by atoms with Crippen LogP contribution in [0.15, 0.2) is 84.9 Å². The molecule has 4 heterocycles. The average molecular weight is 1010 g/mol. The highest BCUT2D eigenvalue weighted by molar-refractivity contribution is 6.44. The highest BCUT2D eigenvalue weighted by atomic mass is 35.5. The number of nitrogens with two attached hydrogens (primary N) is 2. The second-order valence-corrected chi connectivity index (χ2v) is 21.1. The van der Waals surface area contributed by atoms with E-state index in [-0.39, 0.29) is 35.2 Å². The molecule has 0 bridgehead atoms. The van der Waals surface area contributed by atoms with Crippen LogP contribution < -0.4 is 21.3 Å². The highest BCUT2D eigenvalue weighted by Gasteiger charge is 2.50. The third kappa shape index (κ3) is 8.66. The number of piperidine rings is 2. The van der Waals surface area contributed by atoms with Crippen LogP contribution >= 0.6 is 46.4 Å². The molecule has 1 saturated carbocycles. The van der Waals surface area contributed by atoms with E-state index in [0.29, 0.717) is 67.1 Å². The van der Waals surface area contributed by atoms with Gasteiger partial charge in [0.05, 0.1) is 49.5 Å². The van der Waals surface area contributed by atoms with Gasteiger partial charge in [-0.1, -0.05) is 119 Å². The smallest absolute Gasteiger partial charge is 0.360 e. The lowest BCUT2D eigenvalue weighted by Gasteiger charge is -2.43. The molecule has 4 aromatic carbocycles. The second-order valence-electron chi connectivity index (χ2n) is 19.5. The topological polar surface area (TPSA) is 157 Å². The number of anilines is 2. The first-order chi connectivity index (χ1) is 33.2. The summed E-state index contributed by atoms with van der Waals surface area (Å²) >= 11 is 25.5. The number of benzene rings is 4. The van der Waals surface area contributed by atoms with Crippen LogP contribution in [-0.2, 0) is 23.2 Å². The molecule has 2 aliphatic heterocycles. The van der Waals surface area contributed by atoms with Gasteiger partial charge in [-0.25, -0.2) is 24.7 Å². The van der Waals surface area contributed by atoms with E-state index in [1.165, 1.54) is 22.3 Å². The van der Waals surface area contributed by atoms with Gasteiger partial charge in [0.1, 0.15) is 11.3 Å². The Kier molecular flexibility index (Phi) is 13.0. The summed E-state index contributed by atoms with van der Waals surface area (Å²) < 4.78 is 5.35. The van der Waals surface area contributed by atoms with Crippen molar-refractivity contribution in [3.05, 3.63) is 150 Å². The van der Waals surface area contributed by atoms with Gasteiger partial charge in [0.15, 0.2) is 17.3 Å². The number of ether oxygens (including phenoxy) is 1. The molecule has 0 radical (unpaired) electrons. The van der Waals surface area contributed by atoms with Gasteiger partial charge in [-0.15, -0.1) is 0 Å². The van der Waals surface area contributed by atoms with E-state index >= 15 is 0 Å². The standard InChI is InChI=1S/C27H28Cl2N4O2.C27H28Cl2N4O/c1-3-35-26(34)23-25(31-16(2)22(32-23)19-9-6-10-20(28)21(19)29)33-13-11-27(12-14-33)15-17-7-4-5-8-18(17)24(27)30;1-16-22(19-7-4-8-20(28)21(19)29)32-24(27(34)9-10-27)25(31-16)33-13-11-26(12-14-33)15-17-5-2-3-6-18(17)23(26)30/h4-10,24H,3,11-15,30H2,1-2H3;2-8,23,34H,9-15,30H2,1H3/t24-;23-/m11/s1. The van der Waals surface area contributed by atoms with Gasteiger partial charge in [0.25, 0.3) is 0 Å². The van der Waals surface area contributed by atoms with Gasteiger partial charge < -0.3 is 31.1 Å². The predicted molar refractivity (Wildman–Crippen MR) is 275 cm³/mol. The summed E-state index contributed by atoms with van der Waals surface area (Å²) in [5.41, 5.74) is 22.9. The largest absolute Gasteiger partial charge is 0.461 e. The number of carbonyl (C=O) groups is 1. The molecule has 15 heteroatoms. The summed E-state index contributed by atoms with van der Waals surface area (Å²) in [7, 11) is 0. The molecule has 358 valence electrons. The van der Waals surface area contributed by atoms with E-state index < -0.39 is 11.6 Å². The molecule has 5 N–H and O–H groups in total. The number of hydrogen-bond acceptors (Lipinski definition) is 11. The van der Waals surface area contributed by atoms with E-state index in [4.69, 9.17) is 82.5 Å². The van der Waals surface area contributed by atoms with Crippen molar-refractivity contribution in [2.75, 3.05) is 42.6 Å². The van der Waals surface area contributed by atoms with E-state index in [1.54, 1.807) is 25.1 Å². The summed E-state index contributed by atoms with van der Waals surface area (Å²) in [6.45, 7) is 8.99. The summed E-state index contributed by atoms with van der Waals surface area (Å²) in [6.07, 6.45) is 7.20. The number of rotatable bonds is 7. The summed E-state index contributed by atoms with van der Waals surface area (Å²) in [5, 5.41) is 12.9. The number of halogens is 4. The lowest BCUT2D eigenvalue weighted by Crippen LogP contribution is -2.45. The molecule has 2 spiro atoms. The quantitative estimate of drug-likeness (QED) is 0.131. The fourth-order valence-electron chi connectivity index (χ4n) is 11.3. The highest BCUT2D eigenvalue weighted by Crippen LogP contribution is 2.54. The molecule has 2 saturated heterocycles. The third-order valence-electron chi connectivity index (χ3n) is 15.5. The molecular formula is C54H56Cl4N8O3. The van der Waals surface area contributed by atoms with E-state index in [9.17, 15) is 9.90 Å². The molecule has 2 aromatic heterocycles. The Bertz CT molecular complexity index is 2970. The number of esters is 1. The van der Waals surface area contributed by atoms with Gasteiger partial charge in [-0.2, -0.15) is 0 Å². The van der Waals surface area contributed by atoms with Crippen LogP contribution in [0.5, 0.6) is 0 Å². The normalized spacial score (nSPS) is 20.3. The molecule has 3 fully saturated rings. The van der Waals surface area contributed by atoms with E-state index in [1.807, 2.05) is 32.0 Å². The Balaban J connectivity index is 0.000000160. The van der Waals surface area contributed by atoms with Crippen LogP contribution in [0.25, 0.3) is 22.5 Å². The molecule has 6 aromatic rings. The van der Waals surface area contributed by atoms with Gasteiger partial charge >= 0.3 is 5.97 Å². The zero-order chi connectivity index (χ0) is 48.4. The second kappa shape index (κ2) is 18.7. The maximum absolute atomic E-state index is 13.0. The molecule has 69 heavy (non-hydrogen) atoms. The molecule has 11 rings (SSSR count). The number of carbonyl (C=O) groups excluding carboxylic acids is 1. The molecule has 3 aliphatic carbocycles. The number of aliphatic hydroxyl groups is 1. The van der Waals surface area contributed by atoms with Gasteiger partial charge in [-0.05, 0) is 117 Å². The SMILES string of the molecule is CCOC(=O)c1nc(-c2cccc(Cl)c2Cl)c(C)nc1N1CCC2(CC1)Cc1ccccc1[C@H]2N.Cc1nc(N2CCC3(CC2)Cc2ccccc2[C@H]3N)c(C2(O)CC2)nc1-c1cccc(Cl)c1Cl. The summed E-state index contributed by atoms with van der Waals surface area (Å²) in [5.74, 6) is 0.833. The summed E-state index contributed by atoms with van der Waals surface area (Å²) in [4.78, 5) is 36.9. The number of nitrogens with zero attached hydrogens (tertiary/aromatic N) is 6. The average Bonchev–Trinajstić information content (AvgIpc) is 3.97. The molecular weight excluding hydrogens is 950 g/mol. The zero-order valence-electron chi connectivity index (χ0n) is 39.0. The molecule has 5 aliphatic rings. The molecule has 0 unspecified atom stereocenters. The first-order valence-corrected chi connectivity index (χ1v) is 25.4. The Morgan fingerprint density at radius 3 is 1.55 bits per heavy atom. The van der Waals surface area contributed by atoms with E-state index in [2.05, 4.69) is 58.3 Å². The van der Waals surface area contributed by atoms with Crippen molar-refractivity contribution in [1.82, 2.24) is 19.9 Å². The van der Waals surface area contributed by atoms with Crippen molar-refractivity contribution in [3.63, 3.8) is 0 Å². The Labute approximate surface area is 423 Å². The fourth-order valence-corrected chi connectivity index (χ4v) is 12.1. The van der Waals surface area contributed by atoms with Crippen LogP contribution in [-0.4, -0.2) is 63.8 Å². The van der Waals surface area contributed by atoms with Crippen LogP contribution in [0.2, 0.25) is 20.1 Å². The van der Waals surface area contributed by atoms with Crippen molar-refractivity contribution in [1.29, 1.82) is 0 Å². The van der Waals surface area contributed by atoms with Crippen molar-refractivity contribution in [3.8, 4) is 22.5 Å². The third-order valence-corrected chi connectivity index (χ3v) is 17.1. The fraction of sp³-hybridized carbons (Fsp3) is 0.389. The number of aromatic nitrogens is 4.